The zero-order chi connectivity index (χ0) is 30.5. The normalized spacial score (nSPS) is 14.5. The number of hydrogen-bond acceptors (Lipinski definition) is 7. The van der Waals surface area contributed by atoms with Gasteiger partial charge >= 0.3 is 5.97 Å². The lowest BCUT2D eigenvalue weighted by molar-refractivity contribution is -0.138. The first-order valence-corrected chi connectivity index (χ1v) is 15.1. The van der Waals surface area contributed by atoms with E-state index in [9.17, 15) is 9.59 Å². The van der Waals surface area contributed by atoms with Gasteiger partial charge in [0.1, 0.15) is 18.1 Å². The number of methoxy groups -OCH3 is 1. The van der Waals surface area contributed by atoms with Crippen molar-refractivity contribution in [1.29, 1.82) is 0 Å². The van der Waals surface area contributed by atoms with Gasteiger partial charge in [-0.25, -0.2) is 9.79 Å². The Morgan fingerprint density at radius 2 is 1.55 bits per heavy atom. The Morgan fingerprint density at radius 3 is 2.20 bits per heavy atom. The molecule has 4 aromatic carbocycles. The molecule has 0 fully saturated rings. The molecule has 5 aromatic rings. The molecule has 0 radical (unpaired) electrons. The summed E-state index contributed by atoms with van der Waals surface area (Å²) in [5, 5.41) is 0. The summed E-state index contributed by atoms with van der Waals surface area (Å²) < 4.78 is 18.9. The van der Waals surface area contributed by atoms with Gasteiger partial charge in [0.05, 0.1) is 35.6 Å². The molecule has 1 unspecified atom stereocenters. The molecule has 2 heterocycles. The van der Waals surface area contributed by atoms with Crippen LogP contribution in [0.15, 0.2) is 125 Å². The molecule has 0 N–H and O–H groups in total. The molecule has 7 nitrogen and oxygen atoms in total. The number of fused-ring (bicyclic) bond motifs is 1. The minimum absolute atomic E-state index is 0.190. The monoisotopic (exact) mass is 602 g/mol. The Morgan fingerprint density at radius 1 is 0.886 bits per heavy atom. The van der Waals surface area contributed by atoms with Gasteiger partial charge in [-0.05, 0) is 54.0 Å². The Kier molecular flexibility index (Phi) is 8.52. The zero-order valence-corrected chi connectivity index (χ0v) is 25.1. The average molecular weight is 603 g/mol. The van der Waals surface area contributed by atoms with Crippen molar-refractivity contribution in [1.82, 2.24) is 4.57 Å². The Bertz CT molecular complexity index is 1980. The zero-order valence-electron chi connectivity index (χ0n) is 24.3. The first-order chi connectivity index (χ1) is 21.6. The van der Waals surface area contributed by atoms with Gasteiger partial charge in [0.2, 0.25) is 0 Å². The topological polar surface area (TPSA) is 79.1 Å². The molecule has 1 aliphatic heterocycles. The molecular weight excluding hydrogens is 572 g/mol. The van der Waals surface area contributed by atoms with Crippen LogP contribution in [0.2, 0.25) is 0 Å². The second kappa shape index (κ2) is 13.0. The Labute approximate surface area is 258 Å². The SMILES string of the molecule is CCOC(=O)C1=C(c2ccccc2)N=c2sc(=Cc3ccc(OCc4ccccc4)cc3)c(=O)n2C1c1ccc(OC)cc1. The average Bonchev–Trinajstić information content (AvgIpc) is 3.38. The third-order valence-electron chi connectivity index (χ3n) is 7.23. The maximum Gasteiger partial charge on any atom is 0.338 e. The van der Waals surface area contributed by atoms with Crippen LogP contribution in [0.1, 0.15) is 35.2 Å². The van der Waals surface area contributed by atoms with E-state index in [1.807, 2.05) is 115 Å². The quantitative estimate of drug-likeness (QED) is 0.208. The second-order valence-electron chi connectivity index (χ2n) is 10.0. The maximum absolute atomic E-state index is 14.1. The Balaban J connectivity index is 1.45. The highest BCUT2D eigenvalue weighted by molar-refractivity contribution is 7.07. The summed E-state index contributed by atoms with van der Waals surface area (Å²) in [6.45, 7) is 2.42. The summed E-state index contributed by atoms with van der Waals surface area (Å²) in [6, 6.07) is 33.7. The number of rotatable bonds is 9. The lowest BCUT2D eigenvalue weighted by atomic mass is 9.93. The fourth-order valence-electron chi connectivity index (χ4n) is 5.09. The summed E-state index contributed by atoms with van der Waals surface area (Å²) in [5.74, 6) is 0.886. The minimum atomic E-state index is -0.748. The molecule has 0 bridgehead atoms. The van der Waals surface area contributed by atoms with Crippen LogP contribution in [0.4, 0.5) is 0 Å². The van der Waals surface area contributed by atoms with Gasteiger partial charge in [-0.1, -0.05) is 96.3 Å². The molecule has 0 saturated carbocycles. The molecule has 0 aliphatic carbocycles. The van der Waals surface area contributed by atoms with Gasteiger partial charge in [-0.15, -0.1) is 0 Å². The largest absolute Gasteiger partial charge is 0.497 e. The van der Waals surface area contributed by atoms with E-state index in [4.69, 9.17) is 19.2 Å². The highest BCUT2D eigenvalue weighted by atomic mass is 32.1. The predicted octanol–water partition coefficient (Wildman–Crippen LogP) is 5.52. The summed E-state index contributed by atoms with van der Waals surface area (Å²) in [4.78, 5) is 33.1. The summed E-state index contributed by atoms with van der Waals surface area (Å²) in [6.07, 6.45) is 1.84. The van der Waals surface area contributed by atoms with Crippen molar-refractivity contribution in [2.75, 3.05) is 13.7 Å². The number of carbonyl (C=O) groups excluding carboxylic acids is 1. The highest BCUT2D eigenvalue weighted by Crippen LogP contribution is 2.35. The number of aromatic nitrogens is 1. The van der Waals surface area contributed by atoms with E-state index < -0.39 is 12.0 Å². The Hall–Kier alpha value is -5.21. The van der Waals surface area contributed by atoms with Gasteiger partial charge in [0, 0.05) is 5.56 Å². The van der Waals surface area contributed by atoms with Crippen molar-refractivity contribution >= 4 is 29.1 Å². The van der Waals surface area contributed by atoms with Crippen LogP contribution >= 0.6 is 11.3 Å². The van der Waals surface area contributed by atoms with Gasteiger partial charge in [-0.2, -0.15) is 0 Å². The lowest BCUT2D eigenvalue weighted by Gasteiger charge is -2.26. The number of ether oxygens (including phenoxy) is 3. The van der Waals surface area contributed by atoms with E-state index in [1.54, 1.807) is 18.6 Å². The van der Waals surface area contributed by atoms with Crippen LogP contribution in [-0.2, 0) is 16.1 Å². The van der Waals surface area contributed by atoms with E-state index >= 15 is 0 Å². The van der Waals surface area contributed by atoms with E-state index in [2.05, 4.69) is 0 Å². The standard InChI is InChI=1S/C36H30N2O5S/c1-3-42-35(40)31-32(26-12-8-5-9-13-26)37-36-38(33(31)27-16-20-28(41-2)21-17-27)34(39)30(44-36)22-24-14-18-29(19-15-24)43-23-25-10-6-4-7-11-25/h4-22,33H,3,23H2,1-2H3. The summed E-state index contributed by atoms with van der Waals surface area (Å²) in [7, 11) is 1.59. The van der Waals surface area contributed by atoms with Crippen LogP contribution < -0.4 is 24.4 Å². The third kappa shape index (κ3) is 5.98. The van der Waals surface area contributed by atoms with Crippen molar-refractivity contribution in [3.63, 3.8) is 0 Å². The van der Waals surface area contributed by atoms with E-state index in [0.717, 1.165) is 28.0 Å². The number of hydrogen-bond donors (Lipinski definition) is 0. The van der Waals surface area contributed by atoms with Crippen LogP contribution in [0.25, 0.3) is 11.8 Å². The van der Waals surface area contributed by atoms with Crippen LogP contribution in [0.3, 0.4) is 0 Å². The van der Waals surface area contributed by atoms with Crippen LogP contribution in [0.5, 0.6) is 11.5 Å². The minimum Gasteiger partial charge on any atom is -0.497 e. The van der Waals surface area contributed by atoms with E-state index in [-0.39, 0.29) is 12.2 Å². The molecule has 0 amide bonds. The fourth-order valence-corrected chi connectivity index (χ4v) is 6.10. The van der Waals surface area contributed by atoms with E-state index in [0.29, 0.717) is 33.0 Å². The highest BCUT2D eigenvalue weighted by Gasteiger charge is 2.35. The first-order valence-electron chi connectivity index (χ1n) is 14.2. The molecule has 1 atom stereocenters. The molecule has 0 saturated heterocycles. The molecule has 44 heavy (non-hydrogen) atoms. The number of esters is 1. The molecule has 6 rings (SSSR count). The number of thiazole rings is 1. The van der Waals surface area contributed by atoms with Crippen molar-refractivity contribution < 1.29 is 19.0 Å². The van der Waals surface area contributed by atoms with Crippen molar-refractivity contribution in [2.24, 2.45) is 4.99 Å². The molecule has 220 valence electrons. The van der Waals surface area contributed by atoms with Crippen LogP contribution in [0, 0.1) is 0 Å². The third-order valence-corrected chi connectivity index (χ3v) is 8.21. The van der Waals surface area contributed by atoms with Gasteiger partial charge in [-0.3, -0.25) is 9.36 Å². The lowest BCUT2D eigenvalue weighted by Crippen LogP contribution is -2.40. The van der Waals surface area contributed by atoms with Crippen molar-refractivity contribution in [3.05, 3.63) is 157 Å². The number of carbonyl (C=O) groups is 1. The molecule has 8 heteroatoms. The van der Waals surface area contributed by atoms with Gasteiger partial charge in [0.25, 0.3) is 5.56 Å². The second-order valence-corrected chi connectivity index (χ2v) is 11.1. The molecule has 1 aromatic heterocycles. The number of nitrogens with zero attached hydrogens (tertiary/aromatic N) is 2. The van der Waals surface area contributed by atoms with Gasteiger partial charge in [0.15, 0.2) is 4.80 Å². The maximum atomic E-state index is 14.1. The molecule has 1 aliphatic rings. The van der Waals surface area contributed by atoms with Gasteiger partial charge < -0.3 is 14.2 Å². The number of benzene rings is 4. The predicted molar refractivity (Wildman–Crippen MR) is 171 cm³/mol. The molecule has 0 spiro atoms. The fraction of sp³-hybridized carbons (Fsp3) is 0.139. The van der Waals surface area contributed by atoms with Crippen molar-refractivity contribution in [3.8, 4) is 11.5 Å². The molecular formula is C36H30N2O5S. The van der Waals surface area contributed by atoms with Crippen molar-refractivity contribution in [2.45, 2.75) is 19.6 Å². The first kappa shape index (κ1) is 28.9. The summed E-state index contributed by atoms with van der Waals surface area (Å²) >= 11 is 1.29. The summed E-state index contributed by atoms with van der Waals surface area (Å²) in [5.41, 5.74) is 3.98. The smallest absolute Gasteiger partial charge is 0.338 e. The van der Waals surface area contributed by atoms with E-state index in [1.165, 1.54) is 11.3 Å². The van der Waals surface area contributed by atoms with Crippen LogP contribution in [-0.4, -0.2) is 24.3 Å².